The summed E-state index contributed by atoms with van der Waals surface area (Å²) >= 11 is 5.21. The second-order valence-electron chi connectivity index (χ2n) is 7.10. The van der Waals surface area contributed by atoms with Crippen molar-refractivity contribution in [3.8, 4) is 17.1 Å². The number of nitrogens with one attached hydrogen (secondary N) is 2. The number of rotatable bonds is 8. The van der Waals surface area contributed by atoms with Gasteiger partial charge in [0.25, 0.3) is 0 Å². The van der Waals surface area contributed by atoms with Crippen LogP contribution in [0.3, 0.4) is 0 Å². The van der Waals surface area contributed by atoms with Crippen molar-refractivity contribution >= 4 is 18.1 Å². The lowest BCUT2D eigenvalue weighted by Crippen LogP contribution is -2.37. The number of aromatic nitrogens is 3. The van der Waals surface area contributed by atoms with E-state index >= 15 is 0 Å². The molecule has 0 saturated heterocycles. The monoisotopic (exact) mass is 466 g/mol. The van der Waals surface area contributed by atoms with Crippen molar-refractivity contribution in [3.63, 3.8) is 0 Å². The van der Waals surface area contributed by atoms with Gasteiger partial charge in [-0.05, 0) is 43.4 Å². The molecule has 0 aliphatic rings. The number of nitrogens with zero attached hydrogens (tertiary/aromatic N) is 2. The summed E-state index contributed by atoms with van der Waals surface area (Å²) in [6, 6.07) is 11.9. The quantitative estimate of drug-likeness (QED) is 0.442. The topological polar surface area (TPSA) is 92.2 Å². The fraction of sp³-hybridized carbons (Fsp3) is 0.286. The average molecular weight is 466 g/mol. The molecule has 0 aliphatic carbocycles. The Hall–Kier alpha value is -3.18. The number of carbonyl (C=O) groups is 1. The minimum Gasteiger partial charge on any atom is -0.491 e. The molecule has 1 unspecified atom stereocenters. The van der Waals surface area contributed by atoms with Crippen LogP contribution in [0.25, 0.3) is 11.4 Å². The van der Waals surface area contributed by atoms with E-state index in [1.54, 1.807) is 0 Å². The van der Waals surface area contributed by atoms with Gasteiger partial charge in [-0.3, -0.25) is 14.5 Å². The highest BCUT2D eigenvalue weighted by Crippen LogP contribution is 2.31. The molecule has 1 heterocycles. The molecule has 11 heteroatoms. The van der Waals surface area contributed by atoms with Crippen LogP contribution in [-0.2, 0) is 17.5 Å². The van der Waals surface area contributed by atoms with Crippen LogP contribution in [0.15, 0.2) is 48.5 Å². The Balaban J connectivity index is 1.54. The number of H-pyrrole nitrogens is 1. The average Bonchev–Trinajstić information content (AvgIpc) is 3.10. The molecular weight excluding hydrogens is 445 g/mol. The third-order valence-electron chi connectivity index (χ3n) is 4.47. The number of alkyl halides is 3. The first-order chi connectivity index (χ1) is 15.1. The lowest BCUT2D eigenvalue weighted by atomic mass is 10.1. The smallest absolute Gasteiger partial charge is 0.416 e. The van der Waals surface area contributed by atoms with Crippen molar-refractivity contribution < 1.29 is 27.8 Å². The largest absolute Gasteiger partial charge is 0.491 e. The van der Waals surface area contributed by atoms with E-state index in [0.717, 1.165) is 23.3 Å². The molecule has 0 saturated carbocycles. The maximum atomic E-state index is 12.7. The molecule has 32 heavy (non-hydrogen) atoms. The molecule has 0 fully saturated rings. The van der Waals surface area contributed by atoms with Gasteiger partial charge >= 0.3 is 6.18 Å². The standard InChI is InChI=1S/C21H21F3N4O3S/c1-13-4-2-5-14(8-13)19-26-27-20(32)28(19)11-18(30)25-10-16(29)12-31-17-7-3-6-15(9-17)21(22,23)24/h2-9,16,29H,10-12H2,1H3,(H,25,30)(H,27,32). The molecule has 0 aliphatic heterocycles. The normalized spacial score (nSPS) is 12.4. The zero-order valence-corrected chi connectivity index (χ0v) is 17.8. The number of halogens is 3. The number of ether oxygens (including phenoxy) is 1. The van der Waals surface area contributed by atoms with Gasteiger partial charge in [0.15, 0.2) is 10.6 Å². The Labute approximate surface area is 186 Å². The maximum absolute atomic E-state index is 12.7. The molecule has 3 N–H and O–H groups in total. The van der Waals surface area contributed by atoms with Crippen molar-refractivity contribution in [2.24, 2.45) is 0 Å². The van der Waals surface area contributed by atoms with E-state index in [0.29, 0.717) is 5.82 Å². The second kappa shape index (κ2) is 9.96. The van der Waals surface area contributed by atoms with Gasteiger partial charge in [-0.25, -0.2) is 0 Å². The van der Waals surface area contributed by atoms with Gasteiger partial charge in [0.05, 0.1) is 5.56 Å². The maximum Gasteiger partial charge on any atom is 0.416 e. The van der Waals surface area contributed by atoms with Crippen LogP contribution in [0, 0.1) is 11.7 Å². The number of hydrogen-bond donors (Lipinski definition) is 3. The fourth-order valence-electron chi connectivity index (χ4n) is 2.91. The van der Waals surface area contributed by atoms with Gasteiger partial charge in [-0.15, -0.1) is 0 Å². The Morgan fingerprint density at radius 2 is 2.03 bits per heavy atom. The van der Waals surface area contributed by atoms with Crippen LogP contribution in [0.4, 0.5) is 13.2 Å². The Morgan fingerprint density at radius 1 is 1.28 bits per heavy atom. The summed E-state index contributed by atoms with van der Waals surface area (Å²) in [7, 11) is 0. The zero-order chi connectivity index (χ0) is 23.3. The van der Waals surface area contributed by atoms with Gasteiger partial charge in [0, 0.05) is 12.1 Å². The Morgan fingerprint density at radius 3 is 2.75 bits per heavy atom. The SMILES string of the molecule is Cc1cccc(-c2n[nH]c(=S)n2CC(=O)NCC(O)COc2cccc(C(F)(F)F)c2)c1. The van der Waals surface area contributed by atoms with E-state index in [1.165, 1.54) is 16.7 Å². The number of hydrogen-bond acceptors (Lipinski definition) is 5. The number of aromatic amines is 1. The number of carbonyl (C=O) groups excluding carboxylic acids is 1. The van der Waals surface area contributed by atoms with E-state index < -0.39 is 23.8 Å². The number of benzene rings is 2. The molecule has 7 nitrogen and oxygen atoms in total. The second-order valence-corrected chi connectivity index (χ2v) is 7.49. The van der Waals surface area contributed by atoms with Crippen molar-refractivity contribution in [1.29, 1.82) is 0 Å². The predicted octanol–water partition coefficient (Wildman–Crippen LogP) is 3.49. The number of aliphatic hydroxyl groups excluding tert-OH is 1. The van der Waals surface area contributed by atoms with Gasteiger partial charge in [0.2, 0.25) is 5.91 Å². The van der Waals surface area contributed by atoms with Crippen LogP contribution in [0.5, 0.6) is 5.75 Å². The van der Waals surface area contributed by atoms with Gasteiger partial charge in [-0.2, -0.15) is 18.3 Å². The summed E-state index contributed by atoms with van der Waals surface area (Å²) in [6.07, 6.45) is -5.61. The summed E-state index contributed by atoms with van der Waals surface area (Å²) in [5.74, 6) is 0.0505. The highest BCUT2D eigenvalue weighted by Gasteiger charge is 2.30. The van der Waals surface area contributed by atoms with Gasteiger partial charge in [-0.1, -0.05) is 29.8 Å². The first-order valence-corrected chi connectivity index (χ1v) is 10.0. The molecule has 3 rings (SSSR count). The molecule has 1 atom stereocenters. The number of aryl methyl sites for hydroxylation is 1. The summed E-state index contributed by atoms with van der Waals surface area (Å²) in [4.78, 5) is 12.3. The van der Waals surface area contributed by atoms with Crippen molar-refractivity contribution in [1.82, 2.24) is 20.1 Å². The Bertz CT molecular complexity index is 1140. The highest BCUT2D eigenvalue weighted by molar-refractivity contribution is 7.71. The first kappa shape index (κ1) is 23.5. The van der Waals surface area contributed by atoms with Crippen molar-refractivity contribution in [2.45, 2.75) is 25.7 Å². The van der Waals surface area contributed by atoms with Gasteiger partial charge in [0.1, 0.15) is 25.0 Å². The van der Waals surface area contributed by atoms with Crippen molar-refractivity contribution in [2.75, 3.05) is 13.2 Å². The van der Waals surface area contributed by atoms with E-state index in [4.69, 9.17) is 17.0 Å². The summed E-state index contributed by atoms with van der Waals surface area (Å²) in [5, 5.41) is 19.4. The van der Waals surface area contributed by atoms with Crippen LogP contribution >= 0.6 is 12.2 Å². The minimum absolute atomic E-state index is 0.0299. The Kier molecular flexibility index (Phi) is 7.31. The molecule has 2 aromatic carbocycles. The van der Waals surface area contributed by atoms with Crippen LogP contribution in [0.2, 0.25) is 0 Å². The molecule has 0 radical (unpaired) electrons. The third-order valence-corrected chi connectivity index (χ3v) is 4.79. The highest BCUT2D eigenvalue weighted by atomic mass is 32.1. The van der Waals surface area contributed by atoms with Crippen molar-refractivity contribution in [3.05, 3.63) is 64.4 Å². The zero-order valence-electron chi connectivity index (χ0n) is 17.0. The summed E-state index contributed by atoms with van der Waals surface area (Å²) in [6.45, 7) is 1.37. The lowest BCUT2D eigenvalue weighted by Gasteiger charge is -2.15. The first-order valence-electron chi connectivity index (χ1n) is 9.60. The number of aliphatic hydroxyl groups is 1. The molecule has 0 bridgehead atoms. The van der Waals surface area contributed by atoms with E-state index in [9.17, 15) is 23.1 Å². The molecule has 170 valence electrons. The predicted molar refractivity (Wildman–Crippen MR) is 114 cm³/mol. The molecule has 1 amide bonds. The third kappa shape index (κ3) is 6.17. The minimum atomic E-state index is -4.49. The summed E-state index contributed by atoms with van der Waals surface area (Å²) in [5.41, 5.74) is 0.968. The molecule has 3 aromatic rings. The van der Waals surface area contributed by atoms with Gasteiger partial charge < -0.3 is 15.2 Å². The molecule has 1 aromatic heterocycles. The number of amides is 1. The van der Waals surface area contributed by atoms with E-state index in [1.807, 2.05) is 31.2 Å². The van der Waals surface area contributed by atoms with E-state index in [2.05, 4.69) is 15.5 Å². The fourth-order valence-corrected chi connectivity index (χ4v) is 3.11. The molecular formula is C21H21F3N4O3S. The summed E-state index contributed by atoms with van der Waals surface area (Å²) < 4.78 is 45.3. The lowest BCUT2D eigenvalue weighted by molar-refractivity contribution is -0.137. The van der Waals surface area contributed by atoms with Crippen LogP contribution in [0.1, 0.15) is 11.1 Å². The van der Waals surface area contributed by atoms with Crippen LogP contribution in [-0.4, -0.2) is 45.0 Å². The van der Waals surface area contributed by atoms with E-state index in [-0.39, 0.29) is 30.2 Å². The molecule has 0 spiro atoms. The van der Waals surface area contributed by atoms with Crippen LogP contribution < -0.4 is 10.1 Å².